The lowest BCUT2D eigenvalue weighted by Crippen LogP contribution is -2.20. The van der Waals surface area contributed by atoms with Gasteiger partial charge in [-0.3, -0.25) is 4.79 Å². The molecule has 0 bridgehead atoms. The molecule has 0 aliphatic rings. The first-order chi connectivity index (χ1) is 15.5. The van der Waals surface area contributed by atoms with Gasteiger partial charge in [0.25, 0.3) is 0 Å². The normalized spacial score (nSPS) is 11.8. The smallest absolute Gasteiger partial charge is 0.242 e. The number of nitrogens with one attached hydrogen (secondary N) is 1. The molecule has 1 unspecified atom stereocenters. The van der Waals surface area contributed by atoms with Crippen molar-refractivity contribution >= 4 is 23.4 Å². The minimum atomic E-state index is -0.463. The molecule has 0 spiro atoms. The molecule has 0 fully saturated rings. The summed E-state index contributed by atoms with van der Waals surface area (Å²) in [6.07, 6.45) is 0. The van der Waals surface area contributed by atoms with Gasteiger partial charge < -0.3 is 9.88 Å². The highest BCUT2D eigenvalue weighted by atomic mass is 32.2. The van der Waals surface area contributed by atoms with E-state index in [1.54, 1.807) is 0 Å². The van der Waals surface area contributed by atoms with E-state index in [1.807, 2.05) is 81.4 Å². The second kappa shape index (κ2) is 9.83. The van der Waals surface area contributed by atoms with E-state index in [-0.39, 0.29) is 5.91 Å². The van der Waals surface area contributed by atoms with Crippen molar-refractivity contribution in [2.45, 2.75) is 37.7 Å². The molecule has 6 heteroatoms. The molecule has 1 aromatic heterocycles. The fourth-order valence-electron chi connectivity index (χ4n) is 3.66. The minimum Gasteiger partial charge on any atom is -0.325 e. The zero-order valence-corrected chi connectivity index (χ0v) is 19.3. The van der Waals surface area contributed by atoms with E-state index in [2.05, 4.69) is 38.3 Å². The number of benzene rings is 3. The molecule has 0 aliphatic heterocycles. The maximum absolute atomic E-state index is 13.4. The quantitative estimate of drug-likeness (QED) is 0.372. The van der Waals surface area contributed by atoms with Crippen LogP contribution >= 0.6 is 11.8 Å². The predicted molar refractivity (Wildman–Crippen MR) is 130 cm³/mol. The van der Waals surface area contributed by atoms with Crippen LogP contribution in [0.15, 0.2) is 84.0 Å². The number of hydrogen-bond donors (Lipinski definition) is 1. The van der Waals surface area contributed by atoms with Crippen LogP contribution in [-0.4, -0.2) is 20.7 Å². The second-order valence-corrected chi connectivity index (χ2v) is 8.95. The van der Waals surface area contributed by atoms with Gasteiger partial charge in [0.05, 0.1) is 6.54 Å². The third-order valence-corrected chi connectivity index (χ3v) is 6.37. The van der Waals surface area contributed by atoms with Crippen molar-refractivity contribution in [1.29, 1.82) is 0 Å². The largest absolute Gasteiger partial charge is 0.325 e. The van der Waals surface area contributed by atoms with Crippen LogP contribution in [0.25, 0.3) is 0 Å². The van der Waals surface area contributed by atoms with Crippen molar-refractivity contribution in [2.24, 2.45) is 0 Å². The number of anilines is 1. The Bertz CT molecular complexity index is 1180. The van der Waals surface area contributed by atoms with Crippen LogP contribution in [0.1, 0.15) is 33.3 Å². The Labute approximate surface area is 192 Å². The zero-order valence-electron chi connectivity index (χ0n) is 18.4. The molecule has 1 heterocycles. The van der Waals surface area contributed by atoms with Gasteiger partial charge in [-0.2, -0.15) is 0 Å². The van der Waals surface area contributed by atoms with Crippen LogP contribution in [-0.2, 0) is 11.3 Å². The first-order valence-electron chi connectivity index (χ1n) is 10.5. The van der Waals surface area contributed by atoms with Gasteiger partial charge in [0.15, 0.2) is 5.16 Å². The summed E-state index contributed by atoms with van der Waals surface area (Å²) in [7, 11) is 0. The van der Waals surface area contributed by atoms with Gasteiger partial charge in [0, 0.05) is 5.69 Å². The summed E-state index contributed by atoms with van der Waals surface area (Å²) < 4.78 is 2.06. The molecule has 32 heavy (non-hydrogen) atoms. The van der Waals surface area contributed by atoms with E-state index in [0.717, 1.165) is 38.9 Å². The second-order valence-electron chi connectivity index (χ2n) is 7.88. The highest BCUT2D eigenvalue weighted by Gasteiger charge is 2.25. The van der Waals surface area contributed by atoms with Crippen molar-refractivity contribution in [3.8, 4) is 0 Å². The lowest BCUT2D eigenvalue weighted by Gasteiger charge is -2.18. The number of aromatic nitrogens is 3. The molecule has 1 amide bonds. The van der Waals surface area contributed by atoms with Crippen molar-refractivity contribution in [2.75, 3.05) is 5.32 Å². The topological polar surface area (TPSA) is 59.8 Å². The van der Waals surface area contributed by atoms with Crippen LogP contribution in [0.2, 0.25) is 0 Å². The fraction of sp³-hybridized carbons (Fsp3) is 0.192. The molecular formula is C26H26N4OS. The highest BCUT2D eigenvalue weighted by Crippen LogP contribution is 2.36. The molecule has 0 radical (unpaired) electrons. The van der Waals surface area contributed by atoms with Crippen molar-refractivity contribution in [3.63, 3.8) is 0 Å². The van der Waals surface area contributed by atoms with E-state index in [1.165, 1.54) is 11.8 Å². The first-order valence-corrected chi connectivity index (χ1v) is 11.4. The van der Waals surface area contributed by atoms with E-state index in [9.17, 15) is 4.79 Å². The summed E-state index contributed by atoms with van der Waals surface area (Å²) in [5.74, 6) is 0.732. The van der Waals surface area contributed by atoms with E-state index < -0.39 is 5.25 Å². The van der Waals surface area contributed by atoms with E-state index in [4.69, 9.17) is 0 Å². The third kappa shape index (κ3) is 5.26. The SMILES string of the molecule is Cc1cc(C)cc(NC(=O)C(Sc2nnc(C)n2Cc2ccccc2)c2ccccc2)c1. The molecule has 0 saturated carbocycles. The summed E-state index contributed by atoms with van der Waals surface area (Å²) in [6, 6.07) is 26.1. The molecule has 1 N–H and O–H groups in total. The zero-order chi connectivity index (χ0) is 22.5. The van der Waals surface area contributed by atoms with E-state index >= 15 is 0 Å². The number of aryl methyl sites for hydroxylation is 3. The molecule has 3 aromatic carbocycles. The van der Waals surface area contributed by atoms with Gasteiger partial charge in [-0.1, -0.05) is 78.5 Å². The van der Waals surface area contributed by atoms with Crippen LogP contribution in [0.5, 0.6) is 0 Å². The average molecular weight is 443 g/mol. The molecule has 0 aliphatic carbocycles. The third-order valence-electron chi connectivity index (χ3n) is 5.14. The number of hydrogen-bond acceptors (Lipinski definition) is 4. The van der Waals surface area contributed by atoms with Crippen molar-refractivity contribution in [1.82, 2.24) is 14.8 Å². The Morgan fingerprint density at radius 3 is 2.19 bits per heavy atom. The van der Waals surface area contributed by atoms with Gasteiger partial charge >= 0.3 is 0 Å². The molecule has 4 aromatic rings. The number of nitrogens with zero attached hydrogens (tertiary/aromatic N) is 3. The van der Waals surface area contributed by atoms with Gasteiger partial charge in [-0.25, -0.2) is 0 Å². The lowest BCUT2D eigenvalue weighted by molar-refractivity contribution is -0.115. The Balaban J connectivity index is 1.63. The molecule has 1 atom stereocenters. The van der Waals surface area contributed by atoms with Crippen LogP contribution in [0.3, 0.4) is 0 Å². The van der Waals surface area contributed by atoms with Crippen molar-refractivity contribution < 1.29 is 4.79 Å². The number of rotatable bonds is 7. The first kappa shape index (κ1) is 21.8. The maximum Gasteiger partial charge on any atom is 0.242 e. The lowest BCUT2D eigenvalue weighted by atomic mass is 10.1. The average Bonchev–Trinajstić information content (AvgIpc) is 3.11. The summed E-state index contributed by atoms with van der Waals surface area (Å²) in [5, 5.41) is 12.0. The minimum absolute atomic E-state index is 0.0851. The van der Waals surface area contributed by atoms with Crippen LogP contribution < -0.4 is 5.32 Å². The standard InChI is InChI=1S/C26H26N4OS/c1-18-14-19(2)16-23(15-18)27-25(31)24(22-12-8-5-9-13-22)32-26-29-28-20(3)30(26)17-21-10-6-4-7-11-21/h4-16,24H,17H2,1-3H3,(H,27,31). The van der Waals surface area contributed by atoms with Gasteiger partial charge in [0.1, 0.15) is 11.1 Å². The Morgan fingerprint density at radius 2 is 1.53 bits per heavy atom. The molecule has 0 saturated heterocycles. The van der Waals surface area contributed by atoms with Gasteiger partial charge in [0.2, 0.25) is 5.91 Å². The molecule has 5 nitrogen and oxygen atoms in total. The van der Waals surface area contributed by atoms with E-state index in [0.29, 0.717) is 6.54 Å². The Hall–Kier alpha value is -3.38. The number of carbonyl (C=O) groups is 1. The summed E-state index contributed by atoms with van der Waals surface area (Å²) >= 11 is 1.42. The number of thioether (sulfide) groups is 1. The Kier molecular flexibility index (Phi) is 6.71. The fourth-order valence-corrected chi connectivity index (χ4v) is 4.74. The highest BCUT2D eigenvalue weighted by molar-refractivity contribution is 8.00. The maximum atomic E-state index is 13.4. The van der Waals surface area contributed by atoms with Gasteiger partial charge in [-0.05, 0) is 55.2 Å². The van der Waals surface area contributed by atoms with Crippen molar-refractivity contribution in [3.05, 3.63) is 107 Å². The van der Waals surface area contributed by atoms with Crippen LogP contribution in [0, 0.1) is 20.8 Å². The molecule has 4 rings (SSSR count). The van der Waals surface area contributed by atoms with Crippen LogP contribution in [0.4, 0.5) is 5.69 Å². The predicted octanol–water partition coefficient (Wildman–Crippen LogP) is 5.72. The summed E-state index contributed by atoms with van der Waals surface area (Å²) in [6.45, 7) is 6.65. The molecule has 162 valence electrons. The summed E-state index contributed by atoms with van der Waals surface area (Å²) in [4.78, 5) is 13.4. The Morgan fingerprint density at radius 1 is 0.906 bits per heavy atom. The number of carbonyl (C=O) groups excluding carboxylic acids is 1. The summed E-state index contributed by atoms with van der Waals surface area (Å²) in [5.41, 5.74) is 5.11. The number of amides is 1. The molecular weight excluding hydrogens is 416 g/mol. The monoisotopic (exact) mass is 442 g/mol. The van der Waals surface area contributed by atoms with Gasteiger partial charge in [-0.15, -0.1) is 10.2 Å².